The van der Waals surface area contributed by atoms with E-state index in [9.17, 15) is 14.3 Å². The molecule has 0 aromatic rings. The molecule has 0 rings (SSSR count). The maximum absolute atomic E-state index is 12.7. The molecule has 2 unspecified atom stereocenters. The number of ether oxygens (including phenoxy) is 2. The number of esters is 1. The molecule has 8 nitrogen and oxygen atoms in total. The summed E-state index contributed by atoms with van der Waals surface area (Å²) in [7, 11) is 1.66. The molecule has 0 heterocycles. The molecule has 0 radical (unpaired) electrons. The molecule has 348 valence electrons. The number of quaternary nitrogens is 1. The average molecular weight is 855 g/mol. The lowest BCUT2D eigenvalue weighted by Gasteiger charge is -2.24. The van der Waals surface area contributed by atoms with E-state index in [4.69, 9.17) is 18.5 Å². The van der Waals surface area contributed by atoms with Gasteiger partial charge in [0.25, 0.3) is 0 Å². The second-order valence-corrected chi connectivity index (χ2v) is 19.3. The first-order valence-electron chi connectivity index (χ1n) is 24.7. The number of rotatable bonds is 46. The van der Waals surface area contributed by atoms with E-state index in [1.807, 2.05) is 21.1 Å². The number of hydrogen-bond acceptors (Lipinski definition) is 6. The summed E-state index contributed by atoms with van der Waals surface area (Å²) in [5, 5.41) is 0. The molecule has 0 aliphatic heterocycles. The van der Waals surface area contributed by atoms with Gasteiger partial charge in [-0.1, -0.05) is 179 Å². The van der Waals surface area contributed by atoms with Gasteiger partial charge in [0.1, 0.15) is 19.3 Å². The van der Waals surface area contributed by atoms with Crippen LogP contribution in [0.25, 0.3) is 0 Å². The molecule has 0 aliphatic carbocycles. The largest absolute Gasteiger partial charge is 0.472 e. The van der Waals surface area contributed by atoms with Crippen LogP contribution < -0.4 is 0 Å². The SMILES string of the molecule is CCCCC/C=C\C/C=C\CCCCCCCCCC(=O)OC(COCCCCCCCCCCCC/C=C\CCCCCCCC)COP(=O)(O)OCC[N+](C)(C)C. The second-order valence-electron chi connectivity index (χ2n) is 17.8. The minimum atomic E-state index is -4.28. The fourth-order valence-corrected chi connectivity index (χ4v) is 7.56. The molecule has 1 N–H and O–H groups in total. The zero-order chi connectivity index (χ0) is 43.4. The summed E-state index contributed by atoms with van der Waals surface area (Å²) < 4.78 is 35.1. The number of phosphoric acid groups is 1. The van der Waals surface area contributed by atoms with E-state index in [0.29, 0.717) is 24.1 Å². The van der Waals surface area contributed by atoms with E-state index in [2.05, 4.69) is 50.3 Å². The number of unbranched alkanes of at least 4 members (excludes halogenated alkanes) is 26. The van der Waals surface area contributed by atoms with Crippen LogP contribution in [0.4, 0.5) is 0 Å². The molecule has 0 saturated heterocycles. The van der Waals surface area contributed by atoms with E-state index in [0.717, 1.165) is 44.9 Å². The highest BCUT2D eigenvalue weighted by molar-refractivity contribution is 7.47. The van der Waals surface area contributed by atoms with Crippen molar-refractivity contribution in [1.29, 1.82) is 0 Å². The summed E-state index contributed by atoms with van der Waals surface area (Å²) in [6, 6.07) is 0. The third-order valence-electron chi connectivity index (χ3n) is 10.7. The topological polar surface area (TPSA) is 91.3 Å². The van der Waals surface area contributed by atoms with Gasteiger partial charge in [0.05, 0.1) is 34.4 Å². The van der Waals surface area contributed by atoms with Gasteiger partial charge in [-0.05, 0) is 70.6 Å². The third kappa shape index (κ3) is 47.6. The Morgan fingerprint density at radius 2 is 0.932 bits per heavy atom. The van der Waals surface area contributed by atoms with Crippen molar-refractivity contribution in [2.45, 2.75) is 225 Å². The van der Waals surface area contributed by atoms with Crippen molar-refractivity contribution in [3.63, 3.8) is 0 Å². The predicted octanol–water partition coefficient (Wildman–Crippen LogP) is 14.9. The monoisotopic (exact) mass is 855 g/mol. The molecule has 0 bridgehead atoms. The van der Waals surface area contributed by atoms with Crippen molar-refractivity contribution in [3.05, 3.63) is 36.5 Å². The van der Waals surface area contributed by atoms with Crippen molar-refractivity contribution in [1.82, 2.24) is 0 Å². The molecule has 0 aromatic heterocycles. The fourth-order valence-electron chi connectivity index (χ4n) is 6.81. The van der Waals surface area contributed by atoms with Gasteiger partial charge in [0.2, 0.25) is 0 Å². The number of phosphoric ester groups is 1. The van der Waals surface area contributed by atoms with Crippen LogP contribution >= 0.6 is 7.82 Å². The molecule has 0 aromatic carbocycles. The zero-order valence-corrected chi connectivity index (χ0v) is 40.4. The summed E-state index contributed by atoms with van der Waals surface area (Å²) in [6.07, 6.45) is 51.8. The Morgan fingerprint density at radius 3 is 1.42 bits per heavy atom. The molecule has 0 aliphatic rings. The molecule has 59 heavy (non-hydrogen) atoms. The van der Waals surface area contributed by atoms with Crippen molar-refractivity contribution in [2.75, 3.05) is 54.1 Å². The lowest BCUT2D eigenvalue weighted by Crippen LogP contribution is -2.37. The first kappa shape index (κ1) is 57.7. The summed E-state index contributed by atoms with van der Waals surface area (Å²) >= 11 is 0. The molecule has 9 heteroatoms. The average Bonchev–Trinajstić information content (AvgIpc) is 3.19. The van der Waals surface area contributed by atoms with Crippen LogP contribution in [0.3, 0.4) is 0 Å². The summed E-state index contributed by atoms with van der Waals surface area (Å²) in [6.45, 7) is 5.61. The maximum Gasteiger partial charge on any atom is 0.472 e. The second kappa shape index (κ2) is 43.4. The first-order chi connectivity index (χ1) is 28.6. The summed E-state index contributed by atoms with van der Waals surface area (Å²) in [4.78, 5) is 23.0. The highest BCUT2D eigenvalue weighted by Gasteiger charge is 2.26. The van der Waals surface area contributed by atoms with Crippen LogP contribution in [0.15, 0.2) is 36.5 Å². The number of carbonyl (C=O) groups is 1. The minimum Gasteiger partial charge on any atom is -0.457 e. The Hall–Kier alpha value is -1.28. The van der Waals surface area contributed by atoms with Crippen LogP contribution in [0.5, 0.6) is 0 Å². The van der Waals surface area contributed by atoms with Crippen LogP contribution in [0, 0.1) is 0 Å². The van der Waals surface area contributed by atoms with Crippen LogP contribution in [0.1, 0.15) is 219 Å². The van der Waals surface area contributed by atoms with Gasteiger partial charge in [-0.2, -0.15) is 0 Å². The highest BCUT2D eigenvalue weighted by Crippen LogP contribution is 2.43. The van der Waals surface area contributed by atoms with Crippen LogP contribution in [0.2, 0.25) is 0 Å². The fraction of sp³-hybridized carbons (Fsp3) is 0.860. The lowest BCUT2D eigenvalue weighted by molar-refractivity contribution is -0.870. The van der Waals surface area contributed by atoms with E-state index < -0.39 is 13.9 Å². The van der Waals surface area contributed by atoms with Crippen LogP contribution in [-0.4, -0.2) is 75.6 Å². The van der Waals surface area contributed by atoms with Crippen molar-refractivity contribution in [3.8, 4) is 0 Å². The highest BCUT2D eigenvalue weighted by atomic mass is 31.2. The standard InChI is InChI=1S/C50H96NO7P/c1-6-8-10-12-14-16-18-20-22-24-25-26-28-30-32-34-36-38-40-42-45-55-47-49(48-57-59(53,54)56-46-44-51(3,4)5)58-50(52)43-41-39-37-35-33-31-29-27-23-21-19-17-15-13-11-9-7-2/h15,17,20-23,49H,6-14,16,18-19,24-48H2,1-5H3/p+1/b17-15-,22-20-,23-21-. The van der Waals surface area contributed by atoms with Gasteiger partial charge in [-0.3, -0.25) is 13.8 Å². The molecule has 0 fully saturated rings. The number of likely N-dealkylation sites (N-methyl/N-ethyl adjacent to an activating group) is 1. The van der Waals surface area contributed by atoms with Gasteiger partial charge in [0.15, 0.2) is 0 Å². The molecule has 0 spiro atoms. The predicted molar refractivity (Wildman–Crippen MR) is 252 cm³/mol. The number of nitrogens with zero attached hydrogens (tertiary/aromatic N) is 1. The summed E-state index contributed by atoms with van der Waals surface area (Å²) in [5.41, 5.74) is 0. The number of allylic oxidation sites excluding steroid dienone is 6. The van der Waals surface area contributed by atoms with Crippen molar-refractivity contribution in [2.24, 2.45) is 0 Å². The van der Waals surface area contributed by atoms with Gasteiger partial charge in [-0.25, -0.2) is 4.57 Å². The molecule has 0 saturated carbocycles. The molecule has 2 atom stereocenters. The van der Waals surface area contributed by atoms with Gasteiger partial charge < -0.3 is 18.9 Å². The Labute approximate surface area is 365 Å². The number of hydrogen-bond donors (Lipinski definition) is 1. The Kier molecular flexibility index (Phi) is 42.4. The van der Waals surface area contributed by atoms with Gasteiger partial charge in [0, 0.05) is 13.0 Å². The van der Waals surface area contributed by atoms with E-state index in [1.165, 1.54) is 154 Å². The molecular formula is C50H97NO7P+. The molecular weight excluding hydrogens is 758 g/mol. The zero-order valence-electron chi connectivity index (χ0n) is 39.5. The van der Waals surface area contributed by atoms with Gasteiger partial charge >= 0.3 is 13.8 Å². The summed E-state index contributed by atoms with van der Waals surface area (Å²) in [5.74, 6) is -0.320. The quantitative estimate of drug-likeness (QED) is 0.0214. The van der Waals surface area contributed by atoms with Crippen molar-refractivity contribution >= 4 is 13.8 Å². The van der Waals surface area contributed by atoms with Crippen LogP contribution in [-0.2, 0) is 27.9 Å². The van der Waals surface area contributed by atoms with E-state index in [-0.39, 0.29) is 25.8 Å². The van der Waals surface area contributed by atoms with E-state index in [1.54, 1.807) is 0 Å². The third-order valence-corrected chi connectivity index (χ3v) is 11.7. The Bertz CT molecular complexity index is 1040. The smallest absolute Gasteiger partial charge is 0.457 e. The van der Waals surface area contributed by atoms with E-state index >= 15 is 0 Å². The van der Waals surface area contributed by atoms with Gasteiger partial charge in [-0.15, -0.1) is 0 Å². The first-order valence-corrected chi connectivity index (χ1v) is 26.2. The maximum atomic E-state index is 12.7. The van der Waals surface area contributed by atoms with Crippen molar-refractivity contribution < 1.29 is 37.3 Å². The minimum absolute atomic E-state index is 0.0870. The Balaban J connectivity index is 4.16. The number of carbonyl (C=O) groups excluding carboxylic acids is 1. The Morgan fingerprint density at radius 1 is 0.525 bits per heavy atom. The normalized spacial score (nSPS) is 13.9. The molecule has 0 amide bonds. The lowest BCUT2D eigenvalue weighted by atomic mass is 10.1.